The minimum absolute atomic E-state index is 0.114. The molecule has 1 aromatic rings. The Hall–Kier alpha value is -1.62. The number of hydrogen-bond acceptors (Lipinski definition) is 4. The van der Waals surface area contributed by atoms with Gasteiger partial charge in [-0.15, -0.1) is 0 Å². The van der Waals surface area contributed by atoms with Crippen molar-refractivity contribution in [2.75, 3.05) is 24.3 Å². The van der Waals surface area contributed by atoms with E-state index in [1.54, 1.807) is 12.3 Å². The highest BCUT2D eigenvalue weighted by Crippen LogP contribution is 2.27. The Bertz CT molecular complexity index is 435. The number of carbonyl (C=O) groups is 1. The average molecular weight is 262 g/mol. The van der Waals surface area contributed by atoms with Crippen LogP contribution in [0, 0.1) is 0 Å². The second kappa shape index (κ2) is 5.57. The van der Waals surface area contributed by atoms with Crippen molar-refractivity contribution >= 4 is 17.4 Å². The molecule has 1 saturated carbocycles. The molecule has 0 saturated heterocycles. The zero-order chi connectivity index (χ0) is 13.9. The van der Waals surface area contributed by atoms with Crippen LogP contribution in [0.15, 0.2) is 18.3 Å². The fourth-order valence-corrected chi connectivity index (χ4v) is 2.38. The smallest absolute Gasteiger partial charge is 0.245 e. The summed E-state index contributed by atoms with van der Waals surface area (Å²) < 4.78 is 0. The van der Waals surface area contributed by atoms with Crippen molar-refractivity contribution < 1.29 is 4.79 Å². The molecule has 104 valence electrons. The van der Waals surface area contributed by atoms with Gasteiger partial charge >= 0.3 is 0 Å². The van der Waals surface area contributed by atoms with Gasteiger partial charge in [0.15, 0.2) is 0 Å². The largest absolute Gasteiger partial charge is 0.376 e. The van der Waals surface area contributed by atoms with E-state index in [4.69, 9.17) is 5.73 Å². The highest BCUT2D eigenvalue weighted by atomic mass is 16.2. The number of pyridine rings is 1. The third-order valence-corrected chi connectivity index (χ3v) is 3.70. The second-order valence-corrected chi connectivity index (χ2v) is 5.47. The molecule has 1 aliphatic rings. The van der Waals surface area contributed by atoms with E-state index < -0.39 is 5.54 Å². The van der Waals surface area contributed by atoms with E-state index in [1.807, 2.05) is 25.1 Å². The summed E-state index contributed by atoms with van der Waals surface area (Å²) in [4.78, 5) is 18.4. The summed E-state index contributed by atoms with van der Waals surface area (Å²) in [7, 11) is 3.90. The first-order chi connectivity index (χ1) is 9.01. The van der Waals surface area contributed by atoms with Crippen LogP contribution in [-0.2, 0) is 4.79 Å². The molecule has 0 spiro atoms. The monoisotopic (exact) mass is 262 g/mol. The third kappa shape index (κ3) is 3.23. The van der Waals surface area contributed by atoms with E-state index in [9.17, 15) is 4.79 Å². The molecule has 0 atom stereocenters. The van der Waals surface area contributed by atoms with Crippen LogP contribution in [0.4, 0.5) is 11.5 Å². The van der Waals surface area contributed by atoms with Crippen molar-refractivity contribution in [2.45, 2.75) is 37.6 Å². The van der Waals surface area contributed by atoms with E-state index in [2.05, 4.69) is 10.3 Å². The van der Waals surface area contributed by atoms with Crippen LogP contribution in [0.3, 0.4) is 0 Å². The average Bonchev–Trinajstić information content (AvgIpc) is 2.40. The Morgan fingerprint density at radius 2 is 2.00 bits per heavy atom. The van der Waals surface area contributed by atoms with Gasteiger partial charge in [-0.1, -0.05) is 19.3 Å². The molecule has 0 bridgehead atoms. The third-order valence-electron chi connectivity index (χ3n) is 3.70. The number of hydrogen-bond donors (Lipinski definition) is 2. The van der Waals surface area contributed by atoms with Crippen LogP contribution in [0.2, 0.25) is 0 Å². The molecule has 5 heteroatoms. The van der Waals surface area contributed by atoms with Gasteiger partial charge in [0, 0.05) is 14.1 Å². The molecule has 1 fully saturated rings. The molecule has 1 amide bonds. The highest BCUT2D eigenvalue weighted by Gasteiger charge is 2.35. The van der Waals surface area contributed by atoms with E-state index in [-0.39, 0.29) is 5.91 Å². The number of nitrogens with one attached hydrogen (secondary N) is 1. The van der Waals surface area contributed by atoms with E-state index in [0.717, 1.165) is 31.4 Å². The molecular weight excluding hydrogens is 240 g/mol. The topological polar surface area (TPSA) is 71.2 Å². The molecule has 2 rings (SSSR count). The molecule has 1 aliphatic carbocycles. The number of aromatic nitrogens is 1. The van der Waals surface area contributed by atoms with Crippen LogP contribution < -0.4 is 16.0 Å². The lowest BCUT2D eigenvalue weighted by molar-refractivity contribution is -0.122. The Kier molecular flexibility index (Phi) is 4.04. The lowest BCUT2D eigenvalue weighted by Crippen LogP contribution is -2.52. The second-order valence-electron chi connectivity index (χ2n) is 5.47. The maximum Gasteiger partial charge on any atom is 0.245 e. The standard InChI is InChI=1S/C14H22N4O/c1-18(2)11-6-7-12(16-10-11)17-13(19)14(15)8-4-3-5-9-14/h6-7,10H,3-5,8-9,15H2,1-2H3,(H,16,17,19). The molecule has 0 radical (unpaired) electrons. The van der Waals surface area contributed by atoms with Gasteiger partial charge in [0.05, 0.1) is 17.4 Å². The fraction of sp³-hybridized carbons (Fsp3) is 0.571. The SMILES string of the molecule is CN(C)c1ccc(NC(=O)C2(N)CCCCC2)nc1. The van der Waals surface area contributed by atoms with Gasteiger partial charge in [-0.05, 0) is 25.0 Å². The zero-order valence-electron chi connectivity index (χ0n) is 11.6. The molecule has 0 aromatic carbocycles. The summed E-state index contributed by atoms with van der Waals surface area (Å²) in [6.45, 7) is 0. The zero-order valence-corrected chi connectivity index (χ0v) is 11.6. The van der Waals surface area contributed by atoms with Gasteiger partial charge in [-0.3, -0.25) is 4.79 Å². The maximum atomic E-state index is 12.2. The first kappa shape index (κ1) is 13.8. The van der Waals surface area contributed by atoms with Crippen LogP contribution in [0.1, 0.15) is 32.1 Å². The lowest BCUT2D eigenvalue weighted by Gasteiger charge is -2.31. The van der Waals surface area contributed by atoms with Gasteiger partial charge in [0.2, 0.25) is 5.91 Å². The Balaban J connectivity index is 2.02. The molecule has 3 N–H and O–H groups in total. The van der Waals surface area contributed by atoms with Crippen molar-refractivity contribution in [1.82, 2.24) is 4.98 Å². The highest BCUT2D eigenvalue weighted by molar-refractivity contribution is 5.97. The van der Waals surface area contributed by atoms with Crippen LogP contribution >= 0.6 is 0 Å². The van der Waals surface area contributed by atoms with Crippen molar-refractivity contribution in [3.8, 4) is 0 Å². The van der Waals surface area contributed by atoms with Gasteiger partial charge in [-0.2, -0.15) is 0 Å². The summed E-state index contributed by atoms with van der Waals surface area (Å²) in [6, 6.07) is 3.73. The summed E-state index contributed by atoms with van der Waals surface area (Å²) in [5.41, 5.74) is 6.46. The number of carbonyl (C=O) groups excluding carboxylic acids is 1. The van der Waals surface area contributed by atoms with E-state index in [1.165, 1.54) is 6.42 Å². The van der Waals surface area contributed by atoms with Crippen molar-refractivity contribution in [3.63, 3.8) is 0 Å². The van der Waals surface area contributed by atoms with Gasteiger partial charge in [0.25, 0.3) is 0 Å². The van der Waals surface area contributed by atoms with Gasteiger partial charge in [-0.25, -0.2) is 4.98 Å². The first-order valence-corrected chi connectivity index (χ1v) is 6.75. The molecule has 1 heterocycles. The quantitative estimate of drug-likeness (QED) is 0.870. The summed E-state index contributed by atoms with van der Waals surface area (Å²) in [5, 5.41) is 2.82. The minimum atomic E-state index is -0.722. The number of rotatable bonds is 3. The Morgan fingerprint density at radius 3 is 2.53 bits per heavy atom. The molecule has 1 aromatic heterocycles. The first-order valence-electron chi connectivity index (χ1n) is 6.75. The maximum absolute atomic E-state index is 12.2. The predicted octanol–water partition coefficient (Wildman–Crippen LogP) is 1.75. The van der Waals surface area contributed by atoms with Crippen LogP contribution in [0.5, 0.6) is 0 Å². The number of nitrogens with two attached hydrogens (primary N) is 1. The number of nitrogens with zero attached hydrogens (tertiary/aromatic N) is 2. The van der Waals surface area contributed by atoms with E-state index in [0.29, 0.717) is 5.82 Å². The predicted molar refractivity (Wildman–Crippen MR) is 77.2 cm³/mol. The Labute approximate surface area is 114 Å². The van der Waals surface area contributed by atoms with Crippen LogP contribution in [-0.4, -0.2) is 30.5 Å². The van der Waals surface area contributed by atoms with Crippen molar-refractivity contribution in [1.29, 1.82) is 0 Å². The van der Waals surface area contributed by atoms with E-state index >= 15 is 0 Å². The lowest BCUT2D eigenvalue weighted by atomic mass is 9.82. The number of amides is 1. The van der Waals surface area contributed by atoms with Crippen LogP contribution in [0.25, 0.3) is 0 Å². The summed E-state index contributed by atoms with van der Waals surface area (Å²) in [5.74, 6) is 0.448. The Morgan fingerprint density at radius 1 is 1.32 bits per heavy atom. The summed E-state index contributed by atoms with van der Waals surface area (Å²) >= 11 is 0. The van der Waals surface area contributed by atoms with Gasteiger partial charge < -0.3 is 16.0 Å². The van der Waals surface area contributed by atoms with Crippen molar-refractivity contribution in [3.05, 3.63) is 18.3 Å². The normalized spacial score (nSPS) is 17.8. The van der Waals surface area contributed by atoms with Crippen molar-refractivity contribution in [2.24, 2.45) is 5.73 Å². The fourth-order valence-electron chi connectivity index (χ4n) is 2.38. The molecular formula is C14H22N4O. The molecule has 5 nitrogen and oxygen atoms in total. The summed E-state index contributed by atoms with van der Waals surface area (Å²) in [6.07, 6.45) is 6.47. The number of anilines is 2. The minimum Gasteiger partial charge on any atom is -0.376 e. The molecule has 0 aliphatic heterocycles. The molecule has 19 heavy (non-hydrogen) atoms. The molecule has 0 unspecified atom stereocenters. The van der Waals surface area contributed by atoms with Gasteiger partial charge in [0.1, 0.15) is 5.82 Å².